The third-order valence-corrected chi connectivity index (χ3v) is 4.24. The maximum Gasteiger partial charge on any atom is 0.416 e. The lowest BCUT2D eigenvalue weighted by molar-refractivity contribution is -0.137. The minimum Gasteiger partial charge on any atom is -0.383 e. The summed E-state index contributed by atoms with van der Waals surface area (Å²) in [4.78, 5) is 12.4. The molecule has 0 fully saturated rings. The molecule has 0 unspecified atom stereocenters. The monoisotopic (exact) mass is 391 g/mol. The van der Waals surface area contributed by atoms with E-state index in [-0.39, 0.29) is 11.3 Å². The standard InChI is InChI=1S/C20H20F3N3O2/c1-13-9-15(14(2)26(13)7-8-28-3)10-16(12-24)19(27)25-18-6-4-5-17(11-18)20(21,22)23/h4-6,9-11H,7-8H2,1-3H3,(H,25,27)/b16-10-. The minimum atomic E-state index is -4.52. The molecule has 0 saturated carbocycles. The van der Waals surface area contributed by atoms with E-state index >= 15 is 0 Å². The Morgan fingerprint density at radius 3 is 2.64 bits per heavy atom. The molecule has 0 aliphatic carbocycles. The molecule has 0 atom stereocenters. The van der Waals surface area contributed by atoms with Gasteiger partial charge in [0.15, 0.2) is 0 Å². The Kier molecular flexibility index (Phi) is 6.65. The summed E-state index contributed by atoms with van der Waals surface area (Å²) in [7, 11) is 1.60. The highest BCUT2D eigenvalue weighted by Crippen LogP contribution is 2.30. The first-order chi connectivity index (χ1) is 13.2. The van der Waals surface area contributed by atoms with Crippen LogP contribution in [0.2, 0.25) is 0 Å². The normalized spacial score (nSPS) is 12.0. The number of amides is 1. The Hall–Kier alpha value is -3.05. The maximum absolute atomic E-state index is 12.8. The minimum absolute atomic E-state index is 0.0356. The molecule has 28 heavy (non-hydrogen) atoms. The van der Waals surface area contributed by atoms with Crippen LogP contribution in [0.5, 0.6) is 0 Å². The Balaban J connectivity index is 2.26. The van der Waals surface area contributed by atoms with Crippen LogP contribution in [0.25, 0.3) is 6.08 Å². The molecule has 1 N–H and O–H groups in total. The molecule has 0 aliphatic rings. The third-order valence-electron chi connectivity index (χ3n) is 4.24. The molecule has 2 aromatic rings. The lowest BCUT2D eigenvalue weighted by atomic mass is 10.1. The van der Waals surface area contributed by atoms with E-state index in [0.29, 0.717) is 18.7 Å². The zero-order valence-electron chi connectivity index (χ0n) is 15.7. The van der Waals surface area contributed by atoms with E-state index < -0.39 is 17.6 Å². The number of carbonyl (C=O) groups is 1. The summed E-state index contributed by atoms with van der Waals surface area (Å²) in [6.45, 7) is 4.89. The van der Waals surface area contributed by atoms with Gasteiger partial charge in [-0.3, -0.25) is 4.79 Å². The summed E-state index contributed by atoms with van der Waals surface area (Å²) in [5.74, 6) is -0.775. The number of nitrogens with zero attached hydrogens (tertiary/aromatic N) is 2. The van der Waals surface area contributed by atoms with E-state index in [0.717, 1.165) is 23.5 Å². The van der Waals surface area contributed by atoms with E-state index in [1.807, 2.05) is 30.6 Å². The highest BCUT2D eigenvalue weighted by atomic mass is 19.4. The summed E-state index contributed by atoms with van der Waals surface area (Å²) < 4.78 is 45.5. The van der Waals surface area contributed by atoms with Gasteiger partial charge in [-0.2, -0.15) is 18.4 Å². The molecule has 8 heteroatoms. The molecule has 0 bridgehead atoms. The quantitative estimate of drug-likeness (QED) is 0.589. The van der Waals surface area contributed by atoms with E-state index in [1.165, 1.54) is 18.2 Å². The summed E-state index contributed by atoms with van der Waals surface area (Å²) >= 11 is 0. The van der Waals surface area contributed by atoms with Crippen molar-refractivity contribution in [2.75, 3.05) is 19.0 Å². The number of methoxy groups -OCH3 is 1. The fourth-order valence-electron chi connectivity index (χ4n) is 2.78. The van der Waals surface area contributed by atoms with Crippen molar-refractivity contribution < 1.29 is 22.7 Å². The van der Waals surface area contributed by atoms with Crippen LogP contribution in [-0.2, 0) is 22.3 Å². The molecule has 0 spiro atoms. The van der Waals surface area contributed by atoms with Crippen molar-refractivity contribution in [3.8, 4) is 6.07 Å². The average molecular weight is 391 g/mol. The largest absolute Gasteiger partial charge is 0.416 e. The molecule has 1 amide bonds. The first-order valence-electron chi connectivity index (χ1n) is 8.43. The number of aromatic nitrogens is 1. The lowest BCUT2D eigenvalue weighted by Crippen LogP contribution is -2.14. The first-order valence-corrected chi connectivity index (χ1v) is 8.43. The average Bonchev–Trinajstić information content (AvgIpc) is 2.90. The van der Waals surface area contributed by atoms with Crippen LogP contribution in [0, 0.1) is 25.2 Å². The van der Waals surface area contributed by atoms with Crippen LogP contribution in [0.3, 0.4) is 0 Å². The van der Waals surface area contributed by atoms with Crippen molar-refractivity contribution in [2.24, 2.45) is 0 Å². The molecule has 1 heterocycles. The Bertz CT molecular complexity index is 937. The van der Waals surface area contributed by atoms with Crippen LogP contribution in [-0.4, -0.2) is 24.2 Å². The molecule has 2 rings (SSSR count). The van der Waals surface area contributed by atoms with Crippen LogP contribution in [0.4, 0.5) is 18.9 Å². The van der Waals surface area contributed by atoms with Crippen molar-refractivity contribution in [3.05, 3.63) is 58.4 Å². The number of hydrogen-bond donors (Lipinski definition) is 1. The van der Waals surface area contributed by atoms with E-state index in [9.17, 15) is 23.2 Å². The zero-order valence-corrected chi connectivity index (χ0v) is 15.7. The number of benzene rings is 1. The van der Waals surface area contributed by atoms with Crippen molar-refractivity contribution in [1.29, 1.82) is 5.26 Å². The van der Waals surface area contributed by atoms with Gasteiger partial charge >= 0.3 is 6.18 Å². The van der Waals surface area contributed by atoms with Gasteiger partial charge in [0.05, 0.1) is 12.2 Å². The van der Waals surface area contributed by atoms with Crippen molar-refractivity contribution in [1.82, 2.24) is 4.57 Å². The van der Waals surface area contributed by atoms with Gasteiger partial charge in [0.1, 0.15) is 11.6 Å². The summed E-state index contributed by atoms with van der Waals surface area (Å²) in [5.41, 5.74) is 1.36. The number of ether oxygens (including phenoxy) is 1. The first kappa shape index (κ1) is 21.3. The number of rotatable bonds is 6. The van der Waals surface area contributed by atoms with Crippen molar-refractivity contribution >= 4 is 17.7 Å². The number of nitrogens with one attached hydrogen (secondary N) is 1. The van der Waals surface area contributed by atoms with Gasteiger partial charge in [-0.25, -0.2) is 0 Å². The SMILES string of the molecule is COCCn1c(C)cc(/C=C(/C#N)C(=O)Nc2cccc(C(F)(F)F)c2)c1C. The Labute approximate surface area is 161 Å². The zero-order chi connectivity index (χ0) is 20.9. The van der Waals surface area contributed by atoms with Gasteiger partial charge in [-0.15, -0.1) is 0 Å². The van der Waals surface area contributed by atoms with Gasteiger partial charge in [0, 0.05) is 30.7 Å². The topological polar surface area (TPSA) is 67.0 Å². The van der Waals surface area contributed by atoms with E-state index in [2.05, 4.69) is 5.32 Å². The number of anilines is 1. The van der Waals surface area contributed by atoms with Gasteiger partial charge < -0.3 is 14.6 Å². The van der Waals surface area contributed by atoms with E-state index in [1.54, 1.807) is 7.11 Å². The number of carbonyl (C=O) groups excluding carboxylic acids is 1. The predicted octanol–water partition coefficient (Wildman–Crippen LogP) is 4.32. The predicted molar refractivity (Wildman–Crippen MR) is 99.4 cm³/mol. The highest BCUT2D eigenvalue weighted by Gasteiger charge is 2.30. The molecule has 1 aromatic heterocycles. The van der Waals surface area contributed by atoms with Gasteiger partial charge in [-0.05, 0) is 49.8 Å². The smallest absolute Gasteiger partial charge is 0.383 e. The second kappa shape index (κ2) is 8.76. The molecule has 0 radical (unpaired) electrons. The second-order valence-corrected chi connectivity index (χ2v) is 6.17. The number of aryl methyl sites for hydroxylation is 1. The number of nitriles is 1. The number of halogens is 3. The van der Waals surface area contributed by atoms with Crippen molar-refractivity contribution in [3.63, 3.8) is 0 Å². The second-order valence-electron chi connectivity index (χ2n) is 6.17. The molecule has 0 aliphatic heterocycles. The van der Waals surface area contributed by atoms with Gasteiger partial charge in [0.25, 0.3) is 5.91 Å². The fraction of sp³-hybridized carbons (Fsp3) is 0.300. The highest BCUT2D eigenvalue weighted by molar-refractivity contribution is 6.09. The Morgan fingerprint density at radius 2 is 2.04 bits per heavy atom. The summed E-state index contributed by atoms with van der Waals surface area (Å²) in [6, 6.07) is 7.90. The summed E-state index contributed by atoms with van der Waals surface area (Å²) in [6.07, 6.45) is -3.09. The van der Waals surface area contributed by atoms with E-state index in [4.69, 9.17) is 4.74 Å². The van der Waals surface area contributed by atoms with Crippen LogP contribution < -0.4 is 5.32 Å². The molecular formula is C20H20F3N3O2. The number of alkyl halides is 3. The maximum atomic E-state index is 12.8. The van der Waals surface area contributed by atoms with Crippen molar-refractivity contribution in [2.45, 2.75) is 26.6 Å². The van der Waals surface area contributed by atoms with Crippen LogP contribution in [0.1, 0.15) is 22.5 Å². The molecule has 1 aromatic carbocycles. The molecule has 0 saturated heterocycles. The molecule has 5 nitrogen and oxygen atoms in total. The van der Waals surface area contributed by atoms with Crippen LogP contribution in [0.15, 0.2) is 35.9 Å². The van der Waals surface area contributed by atoms with Gasteiger partial charge in [0.2, 0.25) is 0 Å². The molecular weight excluding hydrogens is 371 g/mol. The lowest BCUT2D eigenvalue weighted by Gasteiger charge is -2.10. The molecule has 148 valence electrons. The summed E-state index contributed by atoms with van der Waals surface area (Å²) in [5, 5.41) is 11.7. The third kappa shape index (κ3) is 5.02. The number of hydrogen-bond acceptors (Lipinski definition) is 3. The fourth-order valence-corrected chi connectivity index (χ4v) is 2.78. The Morgan fingerprint density at radius 1 is 1.32 bits per heavy atom. The van der Waals surface area contributed by atoms with Gasteiger partial charge in [-0.1, -0.05) is 6.07 Å². The van der Waals surface area contributed by atoms with Crippen LogP contribution >= 0.6 is 0 Å².